The molecule has 1 saturated heterocycles. The number of urea groups is 1. The van der Waals surface area contributed by atoms with E-state index in [4.69, 9.17) is 0 Å². The minimum absolute atomic E-state index is 0.0405. The van der Waals surface area contributed by atoms with Crippen LogP contribution in [0.2, 0.25) is 0 Å². The number of nitrogens with one attached hydrogen (secondary N) is 1. The minimum atomic E-state index is -4.23. The summed E-state index contributed by atoms with van der Waals surface area (Å²) in [6, 6.07) is 7.87. The fourth-order valence-electron chi connectivity index (χ4n) is 3.21. The van der Waals surface area contributed by atoms with Crippen molar-refractivity contribution in [2.45, 2.75) is 17.9 Å². The number of carbonyl (C=O) groups is 1. The molecular weight excluding hydrogens is 454 g/mol. The van der Waals surface area contributed by atoms with Crippen LogP contribution >= 0.6 is 0 Å². The van der Waals surface area contributed by atoms with Gasteiger partial charge in [0.25, 0.3) is 0 Å². The average Bonchev–Trinajstić information content (AvgIpc) is 2.76. The summed E-state index contributed by atoms with van der Waals surface area (Å²) in [5.41, 5.74) is 0.806. The number of carbonyl (C=O) groups excluding carboxylic acids is 1. The maximum atomic E-state index is 13.9. The van der Waals surface area contributed by atoms with Crippen molar-refractivity contribution in [3.63, 3.8) is 0 Å². The van der Waals surface area contributed by atoms with E-state index in [-0.39, 0.29) is 38.5 Å². The van der Waals surface area contributed by atoms with Crippen LogP contribution in [-0.2, 0) is 16.4 Å². The summed E-state index contributed by atoms with van der Waals surface area (Å²) in [6.45, 7) is -2.57. The number of amides is 2. The van der Waals surface area contributed by atoms with Gasteiger partial charge in [0.2, 0.25) is 10.0 Å². The number of halogens is 4. The highest BCUT2D eigenvalue weighted by atomic mass is 32.2. The van der Waals surface area contributed by atoms with Crippen molar-refractivity contribution in [3.8, 4) is 5.75 Å². The monoisotopic (exact) mass is 475 g/mol. The van der Waals surface area contributed by atoms with Crippen LogP contribution in [0.25, 0.3) is 0 Å². The van der Waals surface area contributed by atoms with Crippen molar-refractivity contribution in [3.05, 3.63) is 59.7 Å². The zero-order chi connectivity index (χ0) is 23.3. The first-order chi connectivity index (χ1) is 15.2. The van der Waals surface area contributed by atoms with Gasteiger partial charge in [0.15, 0.2) is 0 Å². The second-order valence-electron chi connectivity index (χ2n) is 6.97. The Balaban J connectivity index is 1.47. The molecule has 12 heteroatoms. The van der Waals surface area contributed by atoms with Crippen LogP contribution in [0.1, 0.15) is 5.56 Å². The predicted octanol–water partition coefficient (Wildman–Crippen LogP) is 2.82. The summed E-state index contributed by atoms with van der Waals surface area (Å²) in [6.07, 6.45) is 0.452. The normalized spacial score (nSPS) is 15.1. The van der Waals surface area contributed by atoms with Crippen LogP contribution in [0.5, 0.6) is 5.75 Å². The molecule has 0 radical (unpaired) electrons. The van der Waals surface area contributed by atoms with Crippen molar-refractivity contribution in [2.24, 2.45) is 0 Å². The molecule has 2 amide bonds. The van der Waals surface area contributed by atoms with Crippen LogP contribution in [0.15, 0.2) is 47.4 Å². The molecule has 1 fully saturated rings. The summed E-state index contributed by atoms with van der Waals surface area (Å²) in [7, 11) is -4.23. The molecule has 2 aromatic carbocycles. The Morgan fingerprint density at radius 3 is 2.31 bits per heavy atom. The fourth-order valence-corrected chi connectivity index (χ4v) is 4.71. The lowest BCUT2D eigenvalue weighted by Crippen LogP contribution is -2.53. The van der Waals surface area contributed by atoms with Crippen molar-refractivity contribution < 1.29 is 35.5 Å². The highest BCUT2D eigenvalue weighted by Gasteiger charge is 2.32. The Labute approximate surface area is 182 Å². The largest absolute Gasteiger partial charge is 0.435 e. The third-order valence-electron chi connectivity index (χ3n) is 4.88. The molecular formula is C20H21F4N3O4S. The van der Waals surface area contributed by atoms with Crippen molar-refractivity contribution in [1.82, 2.24) is 14.5 Å². The lowest BCUT2D eigenvalue weighted by atomic mass is 10.1. The van der Waals surface area contributed by atoms with E-state index in [2.05, 4.69) is 10.1 Å². The number of hydrogen-bond acceptors (Lipinski definition) is 4. The van der Waals surface area contributed by atoms with E-state index >= 15 is 0 Å². The van der Waals surface area contributed by atoms with Crippen LogP contribution in [0.3, 0.4) is 0 Å². The molecule has 0 atom stereocenters. The highest BCUT2D eigenvalue weighted by Crippen LogP contribution is 2.22. The first kappa shape index (κ1) is 23.8. The molecule has 0 spiro atoms. The predicted molar refractivity (Wildman–Crippen MR) is 107 cm³/mol. The smallest absolute Gasteiger partial charge is 0.387 e. The molecule has 0 aliphatic carbocycles. The van der Waals surface area contributed by atoms with Gasteiger partial charge in [-0.1, -0.05) is 12.1 Å². The quantitative estimate of drug-likeness (QED) is 0.625. The number of hydrogen-bond donors (Lipinski definition) is 1. The molecule has 0 unspecified atom stereocenters. The van der Waals surface area contributed by atoms with Crippen molar-refractivity contribution >= 4 is 16.1 Å². The van der Waals surface area contributed by atoms with E-state index in [0.29, 0.717) is 12.5 Å². The third kappa shape index (κ3) is 5.88. The Morgan fingerprint density at radius 2 is 1.69 bits per heavy atom. The Kier molecular flexibility index (Phi) is 7.56. The van der Waals surface area contributed by atoms with Gasteiger partial charge in [-0.2, -0.15) is 13.1 Å². The lowest BCUT2D eigenvalue weighted by molar-refractivity contribution is -0.0498. The second-order valence-corrected chi connectivity index (χ2v) is 8.88. The molecule has 32 heavy (non-hydrogen) atoms. The number of piperazine rings is 1. The molecule has 2 aromatic rings. The van der Waals surface area contributed by atoms with Crippen LogP contribution in [0.4, 0.5) is 22.4 Å². The van der Waals surface area contributed by atoms with E-state index in [0.717, 1.165) is 22.0 Å². The number of rotatable bonds is 7. The first-order valence-corrected chi connectivity index (χ1v) is 11.1. The number of benzene rings is 2. The van der Waals surface area contributed by atoms with E-state index in [9.17, 15) is 30.8 Å². The van der Waals surface area contributed by atoms with Gasteiger partial charge in [-0.25, -0.2) is 22.0 Å². The summed E-state index contributed by atoms with van der Waals surface area (Å²) < 4.78 is 82.1. The van der Waals surface area contributed by atoms with Crippen LogP contribution in [0, 0.1) is 11.6 Å². The SMILES string of the molecule is O=C(NCCc1ccc(OC(F)F)cc1)N1CCN(S(=O)(=O)c2cc(F)ccc2F)CC1. The van der Waals surface area contributed by atoms with E-state index in [1.807, 2.05) is 0 Å². The number of nitrogens with zero attached hydrogens (tertiary/aromatic N) is 2. The van der Waals surface area contributed by atoms with Gasteiger partial charge < -0.3 is 15.0 Å². The Bertz CT molecular complexity index is 1040. The molecule has 0 bridgehead atoms. The molecule has 1 aliphatic rings. The van der Waals surface area contributed by atoms with Crippen LogP contribution in [-0.4, -0.2) is 63.0 Å². The Morgan fingerprint density at radius 1 is 1.03 bits per heavy atom. The molecule has 174 valence electrons. The topological polar surface area (TPSA) is 79.0 Å². The summed E-state index contributed by atoms with van der Waals surface area (Å²) in [5, 5.41) is 2.71. The van der Waals surface area contributed by atoms with E-state index < -0.39 is 39.2 Å². The van der Waals surface area contributed by atoms with Gasteiger partial charge in [-0.05, 0) is 42.3 Å². The van der Waals surface area contributed by atoms with E-state index in [1.54, 1.807) is 12.1 Å². The Hall–Kier alpha value is -2.86. The minimum Gasteiger partial charge on any atom is -0.435 e. The average molecular weight is 475 g/mol. The lowest BCUT2D eigenvalue weighted by Gasteiger charge is -2.34. The first-order valence-electron chi connectivity index (χ1n) is 9.68. The fraction of sp³-hybridized carbons (Fsp3) is 0.350. The van der Waals surface area contributed by atoms with Crippen LogP contribution < -0.4 is 10.1 Å². The maximum Gasteiger partial charge on any atom is 0.387 e. The summed E-state index contributed by atoms with van der Waals surface area (Å²) in [5.74, 6) is -1.86. The van der Waals surface area contributed by atoms with Gasteiger partial charge >= 0.3 is 12.6 Å². The van der Waals surface area contributed by atoms with Crippen molar-refractivity contribution in [2.75, 3.05) is 32.7 Å². The molecule has 7 nitrogen and oxygen atoms in total. The number of sulfonamides is 1. The maximum absolute atomic E-state index is 13.9. The van der Waals surface area contributed by atoms with Gasteiger partial charge in [-0.3, -0.25) is 0 Å². The number of ether oxygens (including phenoxy) is 1. The standard InChI is InChI=1S/C20H21F4N3O4S/c21-15-3-6-17(22)18(13-15)32(29,30)27-11-9-26(10-12-27)20(28)25-8-7-14-1-4-16(5-2-14)31-19(23)24/h1-6,13,19H,7-12H2,(H,25,28). The highest BCUT2D eigenvalue weighted by molar-refractivity contribution is 7.89. The summed E-state index contributed by atoms with van der Waals surface area (Å²) >= 11 is 0. The third-order valence-corrected chi connectivity index (χ3v) is 6.79. The zero-order valence-corrected chi connectivity index (χ0v) is 17.6. The molecule has 0 saturated carbocycles. The molecule has 1 heterocycles. The second kappa shape index (κ2) is 10.2. The molecule has 3 rings (SSSR count). The van der Waals surface area contributed by atoms with Crippen molar-refractivity contribution in [1.29, 1.82) is 0 Å². The van der Waals surface area contributed by atoms with Gasteiger partial charge in [0, 0.05) is 32.7 Å². The molecule has 1 N–H and O–H groups in total. The van der Waals surface area contributed by atoms with Gasteiger partial charge in [0.05, 0.1) is 0 Å². The molecule has 0 aromatic heterocycles. The van der Waals surface area contributed by atoms with E-state index in [1.165, 1.54) is 17.0 Å². The zero-order valence-electron chi connectivity index (χ0n) is 16.8. The van der Waals surface area contributed by atoms with Gasteiger partial charge in [0.1, 0.15) is 22.3 Å². The summed E-state index contributed by atoms with van der Waals surface area (Å²) in [4.78, 5) is 13.0. The van der Waals surface area contributed by atoms with Gasteiger partial charge in [-0.15, -0.1) is 0 Å². The molecule has 1 aliphatic heterocycles. The number of alkyl halides is 2.